The minimum atomic E-state index is -1.33. The van der Waals surface area contributed by atoms with E-state index in [0.29, 0.717) is 13.0 Å². The first-order valence-corrected chi connectivity index (χ1v) is 16.0. The first-order valence-electron chi connectivity index (χ1n) is 16.0. The molecule has 44 heavy (non-hydrogen) atoms. The number of aliphatic hydroxyl groups excluding tert-OH is 1. The summed E-state index contributed by atoms with van der Waals surface area (Å²) in [5, 5.41) is 9.98. The second-order valence-corrected chi connectivity index (χ2v) is 12.8. The van der Waals surface area contributed by atoms with Crippen molar-refractivity contribution in [3.8, 4) is 0 Å². The molecule has 236 valence electrons. The summed E-state index contributed by atoms with van der Waals surface area (Å²) in [6.07, 6.45) is 11.6. The Morgan fingerprint density at radius 2 is 1.75 bits per heavy atom. The molecule has 10 heteroatoms. The van der Waals surface area contributed by atoms with Gasteiger partial charge in [0.05, 0.1) is 24.7 Å². The maximum absolute atomic E-state index is 14.6. The summed E-state index contributed by atoms with van der Waals surface area (Å²) in [6.45, 7) is 1.84. The van der Waals surface area contributed by atoms with Gasteiger partial charge in [-0.25, -0.2) is 0 Å². The molecule has 1 N–H and O–H groups in total. The number of aliphatic hydroxyl groups is 1. The molecule has 1 saturated carbocycles. The summed E-state index contributed by atoms with van der Waals surface area (Å²) >= 11 is 0. The standard InChI is InChI=1S/C34H43N3O7/c1-22-29(23-12-6-3-7-13-23)43-33(42)27-25-17-18-34(44-25)28(27)31(40)37(20-21-38)30(34)32(41)36(24-14-8-4-9-15-24)19-11-5-10-16-26(39)35(22)2/h3,5-7,11-13,17-18,22,24-25,27-30,38H,4,8-10,14-16,19-21H2,1-2H3/b11-5-/t22-,25+,27-,28-,29+,30+,34-/m0/s1. The van der Waals surface area contributed by atoms with Crippen LogP contribution in [0.25, 0.3) is 0 Å². The Morgan fingerprint density at radius 1 is 1.00 bits per heavy atom. The van der Waals surface area contributed by atoms with E-state index in [0.717, 1.165) is 37.7 Å². The molecule has 1 spiro atoms. The van der Waals surface area contributed by atoms with E-state index in [1.807, 2.05) is 54.3 Å². The van der Waals surface area contributed by atoms with Crippen molar-refractivity contribution >= 4 is 23.7 Å². The molecule has 0 aromatic heterocycles. The third kappa shape index (κ3) is 5.15. The first kappa shape index (κ1) is 30.5. The molecule has 3 fully saturated rings. The molecule has 1 aromatic carbocycles. The van der Waals surface area contributed by atoms with Gasteiger partial charge in [0.2, 0.25) is 17.7 Å². The van der Waals surface area contributed by atoms with E-state index < -0.39 is 47.7 Å². The lowest BCUT2D eigenvalue weighted by Gasteiger charge is -2.40. The minimum Gasteiger partial charge on any atom is -0.455 e. The SMILES string of the molecule is C[C@H]1[C@H](c2ccccc2)OC(=O)[C@@H]2[C@H]3C(=O)N(CCO)[C@H](C(=O)N(C4CCCCC4)C/C=C\CCC(=O)N1C)[C@]31C=C[C@H]2O1. The fraction of sp³-hybridized carbons (Fsp3) is 0.588. The van der Waals surface area contributed by atoms with Gasteiger partial charge in [0, 0.05) is 32.6 Å². The van der Waals surface area contributed by atoms with Crippen LogP contribution >= 0.6 is 0 Å². The van der Waals surface area contributed by atoms with Gasteiger partial charge in [-0.15, -0.1) is 0 Å². The lowest BCUT2D eigenvalue weighted by Crippen LogP contribution is -2.58. The van der Waals surface area contributed by atoms with Crippen molar-refractivity contribution in [2.75, 3.05) is 26.7 Å². The third-order valence-corrected chi connectivity index (χ3v) is 10.3. The van der Waals surface area contributed by atoms with Crippen LogP contribution in [0.5, 0.6) is 0 Å². The maximum Gasteiger partial charge on any atom is 0.313 e. The first-order chi connectivity index (χ1) is 21.3. The number of cyclic esters (lactones) is 1. The van der Waals surface area contributed by atoms with E-state index in [9.17, 15) is 24.3 Å². The molecular weight excluding hydrogens is 562 g/mol. The highest BCUT2D eigenvalue weighted by molar-refractivity contribution is 5.99. The van der Waals surface area contributed by atoms with Gasteiger partial charge in [-0.05, 0) is 31.7 Å². The Balaban J connectivity index is 1.42. The number of rotatable bonds is 4. The topological polar surface area (TPSA) is 117 Å². The number of carbonyl (C=O) groups excluding carboxylic acids is 4. The Labute approximate surface area is 258 Å². The maximum atomic E-state index is 14.6. The second-order valence-electron chi connectivity index (χ2n) is 12.8. The van der Waals surface area contributed by atoms with Gasteiger partial charge < -0.3 is 29.3 Å². The van der Waals surface area contributed by atoms with Gasteiger partial charge in [-0.3, -0.25) is 19.2 Å². The number of carbonyl (C=O) groups is 4. The van der Waals surface area contributed by atoms with Crippen LogP contribution in [-0.2, 0) is 28.7 Å². The average Bonchev–Trinajstić information content (AvgIpc) is 3.68. The van der Waals surface area contributed by atoms with Crippen molar-refractivity contribution in [1.82, 2.24) is 14.7 Å². The molecule has 2 saturated heterocycles. The van der Waals surface area contributed by atoms with Crippen molar-refractivity contribution in [2.45, 2.75) is 87.8 Å². The molecular formula is C34H43N3O7. The molecule has 6 rings (SSSR count). The molecule has 4 aliphatic heterocycles. The Hall–Kier alpha value is -3.50. The summed E-state index contributed by atoms with van der Waals surface area (Å²) in [5.41, 5.74) is -0.598. The fourth-order valence-electron chi connectivity index (χ4n) is 7.94. The highest BCUT2D eigenvalue weighted by atomic mass is 16.6. The number of hydrogen-bond donors (Lipinski definition) is 1. The van der Waals surface area contributed by atoms with Gasteiger partial charge in [-0.2, -0.15) is 0 Å². The number of hydrogen-bond acceptors (Lipinski definition) is 7. The van der Waals surface area contributed by atoms with Crippen LogP contribution in [0.3, 0.4) is 0 Å². The highest BCUT2D eigenvalue weighted by Gasteiger charge is 2.73. The number of esters is 1. The van der Waals surface area contributed by atoms with Gasteiger partial charge in [-0.1, -0.05) is 73.9 Å². The lowest BCUT2D eigenvalue weighted by molar-refractivity contribution is -0.164. The second kappa shape index (κ2) is 12.5. The zero-order valence-corrected chi connectivity index (χ0v) is 25.5. The van der Waals surface area contributed by atoms with Crippen molar-refractivity contribution in [3.05, 3.63) is 60.2 Å². The van der Waals surface area contributed by atoms with Crippen LogP contribution in [-0.4, -0.2) is 100 Å². The fourth-order valence-corrected chi connectivity index (χ4v) is 7.94. The van der Waals surface area contributed by atoms with Gasteiger partial charge in [0.15, 0.2) is 0 Å². The van der Waals surface area contributed by atoms with Gasteiger partial charge in [0.1, 0.15) is 23.7 Å². The zero-order chi connectivity index (χ0) is 31.0. The summed E-state index contributed by atoms with van der Waals surface area (Å²) in [7, 11) is 1.72. The predicted molar refractivity (Wildman–Crippen MR) is 161 cm³/mol. The van der Waals surface area contributed by atoms with Crippen molar-refractivity contribution in [2.24, 2.45) is 11.8 Å². The molecule has 0 unspecified atom stereocenters. The highest BCUT2D eigenvalue weighted by Crippen LogP contribution is 2.56. The van der Waals surface area contributed by atoms with E-state index >= 15 is 0 Å². The Kier molecular flexibility index (Phi) is 8.66. The van der Waals surface area contributed by atoms with Crippen LogP contribution < -0.4 is 0 Å². The molecule has 5 aliphatic rings. The Bertz CT molecular complexity index is 1330. The lowest BCUT2D eigenvalue weighted by atomic mass is 9.74. The predicted octanol–water partition coefficient (Wildman–Crippen LogP) is 2.77. The van der Waals surface area contributed by atoms with E-state index in [2.05, 4.69) is 0 Å². The van der Waals surface area contributed by atoms with E-state index in [-0.39, 0.29) is 43.3 Å². The van der Waals surface area contributed by atoms with E-state index in [1.165, 1.54) is 4.90 Å². The number of β-amino-alcohol motifs (C(OH)–C–C–N with tert-alkyl or cyclic N) is 1. The molecule has 5 bridgehead atoms. The van der Waals surface area contributed by atoms with Crippen LogP contribution in [0.15, 0.2) is 54.6 Å². The monoisotopic (exact) mass is 605 g/mol. The number of amides is 3. The summed E-state index contributed by atoms with van der Waals surface area (Å²) in [5.74, 6) is -3.24. The number of benzene rings is 1. The normalized spacial score (nSPS) is 35.8. The summed E-state index contributed by atoms with van der Waals surface area (Å²) in [6, 6.07) is 7.80. The van der Waals surface area contributed by atoms with Gasteiger partial charge in [0.25, 0.3) is 0 Å². The van der Waals surface area contributed by atoms with Gasteiger partial charge >= 0.3 is 5.97 Å². The van der Waals surface area contributed by atoms with Crippen molar-refractivity contribution in [3.63, 3.8) is 0 Å². The third-order valence-electron chi connectivity index (χ3n) is 10.3. The molecule has 0 radical (unpaired) electrons. The van der Waals surface area contributed by atoms with E-state index in [1.54, 1.807) is 24.1 Å². The van der Waals surface area contributed by atoms with Crippen molar-refractivity contribution < 1.29 is 33.8 Å². The minimum absolute atomic E-state index is 0.00750. The molecule has 10 nitrogen and oxygen atoms in total. The molecule has 4 heterocycles. The smallest absolute Gasteiger partial charge is 0.313 e. The summed E-state index contributed by atoms with van der Waals surface area (Å²) in [4.78, 5) is 61.1. The van der Waals surface area contributed by atoms with Crippen LogP contribution in [0.2, 0.25) is 0 Å². The number of nitrogens with zero attached hydrogens (tertiary/aromatic N) is 3. The molecule has 3 amide bonds. The number of ether oxygens (including phenoxy) is 2. The largest absolute Gasteiger partial charge is 0.455 e. The number of likely N-dealkylation sites (N-methyl/N-ethyl adjacent to an activating group) is 1. The van der Waals surface area contributed by atoms with E-state index in [4.69, 9.17) is 9.47 Å². The number of fused-ring (bicyclic) bond motifs is 2. The molecule has 7 atom stereocenters. The molecule has 1 aliphatic carbocycles. The summed E-state index contributed by atoms with van der Waals surface area (Å²) < 4.78 is 12.7. The molecule has 1 aromatic rings. The van der Waals surface area contributed by atoms with Crippen LogP contribution in [0.1, 0.15) is 63.5 Å². The zero-order valence-electron chi connectivity index (χ0n) is 25.5. The van der Waals surface area contributed by atoms with Crippen molar-refractivity contribution in [1.29, 1.82) is 0 Å². The Morgan fingerprint density at radius 3 is 2.48 bits per heavy atom. The number of allylic oxidation sites excluding steroid dienone is 1. The number of likely N-dealkylation sites (tertiary alicyclic amines) is 1. The van der Waals surface area contributed by atoms with Crippen LogP contribution in [0.4, 0.5) is 0 Å². The average molecular weight is 606 g/mol. The quantitative estimate of drug-likeness (QED) is 0.415. The van der Waals surface area contributed by atoms with Crippen LogP contribution in [0, 0.1) is 11.8 Å².